The summed E-state index contributed by atoms with van der Waals surface area (Å²) in [6, 6.07) is 0.344. The standard InChI is InChI=1S/C13H24N4O2S/c1-10(2)20(18,19)17-5-4-13(11(3)8-17)15-7-12-6-14-9-16-12/h6,9-11,13,15H,4-5,7-8H2,1-3H3,(H,14,16)/t11-,13+/m1/s1. The van der Waals surface area contributed by atoms with Crippen LogP contribution < -0.4 is 5.32 Å². The van der Waals surface area contributed by atoms with Gasteiger partial charge in [0.1, 0.15) is 0 Å². The summed E-state index contributed by atoms with van der Waals surface area (Å²) in [4.78, 5) is 7.05. The van der Waals surface area contributed by atoms with Crippen LogP contribution in [-0.4, -0.2) is 47.1 Å². The molecule has 114 valence electrons. The summed E-state index contributed by atoms with van der Waals surface area (Å²) >= 11 is 0. The molecule has 0 saturated carbocycles. The van der Waals surface area contributed by atoms with Crippen LogP contribution in [0.5, 0.6) is 0 Å². The van der Waals surface area contributed by atoms with Crippen molar-refractivity contribution >= 4 is 10.0 Å². The lowest BCUT2D eigenvalue weighted by Gasteiger charge is -2.37. The highest BCUT2D eigenvalue weighted by atomic mass is 32.2. The zero-order valence-corrected chi connectivity index (χ0v) is 13.2. The number of piperidine rings is 1. The molecule has 0 bridgehead atoms. The van der Waals surface area contributed by atoms with Crippen molar-refractivity contribution in [3.8, 4) is 0 Å². The van der Waals surface area contributed by atoms with Crippen LogP contribution in [0, 0.1) is 5.92 Å². The number of H-pyrrole nitrogens is 1. The van der Waals surface area contributed by atoms with Crippen LogP contribution in [0.1, 0.15) is 32.9 Å². The highest BCUT2D eigenvalue weighted by Gasteiger charge is 2.33. The molecule has 0 aromatic carbocycles. The molecule has 1 saturated heterocycles. The third kappa shape index (κ3) is 3.39. The van der Waals surface area contributed by atoms with E-state index in [4.69, 9.17) is 0 Å². The number of hydrogen-bond donors (Lipinski definition) is 2. The Kier molecular flexibility index (Phi) is 4.82. The van der Waals surface area contributed by atoms with Gasteiger partial charge in [0.15, 0.2) is 0 Å². The Morgan fingerprint density at radius 3 is 2.85 bits per heavy atom. The molecule has 2 rings (SSSR count). The van der Waals surface area contributed by atoms with Crippen molar-refractivity contribution in [2.24, 2.45) is 5.92 Å². The van der Waals surface area contributed by atoms with Crippen molar-refractivity contribution in [2.75, 3.05) is 13.1 Å². The van der Waals surface area contributed by atoms with Crippen molar-refractivity contribution in [1.82, 2.24) is 19.6 Å². The van der Waals surface area contributed by atoms with Crippen LogP contribution in [0.15, 0.2) is 12.5 Å². The number of rotatable bonds is 5. The highest BCUT2D eigenvalue weighted by molar-refractivity contribution is 7.89. The summed E-state index contributed by atoms with van der Waals surface area (Å²) in [6.45, 7) is 7.52. The Bertz CT molecular complexity index is 512. The van der Waals surface area contributed by atoms with E-state index in [1.807, 2.05) is 0 Å². The first-order chi connectivity index (χ1) is 9.41. The van der Waals surface area contributed by atoms with Crippen molar-refractivity contribution in [3.05, 3.63) is 18.2 Å². The predicted molar refractivity (Wildman–Crippen MR) is 78.6 cm³/mol. The highest BCUT2D eigenvalue weighted by Crippen LogP contribution is 2.21. The Balaban J connectivity index is 1.89. The molecule has 1 aliphatic rings. The van der Waals surface area contributed by atoms with Crippen molar-refractivity contribution < 1.29 is 8.42 Å². The number of nitrogens with one attached hydrogen (secondary N) is 2. The zero-order valence-electron chi connectivity index (χ0n) is 12.3. The molecule has 20 heavy (non-hydrogen) atoms. The van der Waals surface area contributed by atoms with E-state index in [0.29, 0.717) is 25.0 Å². The molecule has 7 heteroatoms. The molecule has 6 nitrogen and oxygen atoms in total. The van der Waals surface area contributed by atoms with Crippen LogP contribution in [-0.2, 0) is 16.6 Å². The minimum atomic E-state index is -3.13. The van der Waals surface area contributed by atoms with Gasteiger partial charge in [0.25, 0.3) is 0 Å². The first-order valence-corrected chi connectivity index (χ1v) is 8.61. The Morgan fingerprint density at radius 2 is 2.30 bits per heavy atom. The second-order valence-corrected chi connectivity index (χ2v) is 8.27. The number of sulfonamides is 1. The molecule has 1 aliphatic heterocycles. The Morgan fingerprint density at radius 1 is 1.55 bits per heavy atom. The lowest BCUT2D eigenvalue weighted by molar-refractivity contribution is 0.218. The Labute approximate surface area is 121 Å². The zero-order chi connectivity index (χ0) is 14.8. The van der Waals surface area contributed by atoms with Crippen LogP contribution in [0.2, 0.25) is 0 Å². The Hall–Kier alpha value is -0.920. The first kappa shape index (κ1) is 15.5. The topological polar surface area (TPSA) is 78.1 Å². The van der Waals surface area contributed by atoms with Gasteiger partial charge in [0.05, 0.1) is 11.6 Å². The van der Waals surface area contributed by atoms with Crippen molar-refractivity contribution in [2.45, 2.75) is 45.0 Å². The minimum Gasteiger partial charge on any atom is -0.347 e. The van der Waals surface area contributed by atoms with Gasteiger partial charge in [0, 0.05) is 37.6 Å². The summed E-state index contributed by atoms with van der Waals surface area (Å²) < 4.78 is 26.0. The van der Waals surface area contributed by atoms with Crippen molar-refractivity contribution in [3.63, 3.8) is 0 Å². The molecule has 0 amide bonds. The predicted octanol–water partition coefficient (Wildman–Crippen LogP) is 0.948. The van der Waals surface area contributed by atoms with Gasteiger partial charge in [-0.3, -0.25) is 0 Å². The van der Waals surface area contributed by atoms with Crippen LogP contribution in [0.3, 0.4) is 0 Å². The largest absolute Gasteiger partial charge is 0.347 e. The fourth-order valence-electron chi connectivity index (χ4n) is 2.56. The monoisotopic (exact) mass is 300 g/mol. The second kappa shape index (κ2) is 6.24. The van der Waals surface area contributed by atoms with Gasteiger partial charge >= 0.3 is 0 Å². The molecule has 2 N–H and O–H groups in total. The quantitative estimate of drug-likeness (QED) is 0.848. The van der Waals surface area contributed by atoms with E-state index in [1.54, 1.807) is 30.7 Å². The minimum absolute atomic E-state index is 0.306. The van der Waals surface area contributed by atoms with E-state index >= 15 is 0 Å². The normalized spacial score (nSPS) is 25.2. The average Bonchev–Trinajstić information content (AvgIpc) is 2.90. The molecular formula is C13H24N4O2S. The third-order valence-corrected chi connectivity index (χ3v) is 6.18. The molecule has 0 spiro atoms. The molecule has 1 fully saturated rings. The van der Waals surface area contributed by atoms with Gasteiger partial charge in [-0.1, -0.05) is 6.92 Å². The molecule has 2 heterocycles. The number of imidazole rings is 1. The molecule has 1 aromatic heterocycles. The van der Waals surface area contributed by atoms with Crippen LogP contribution in [0.4, 0.5) is 0 Å². The van der Waals surface area contributed by atoms with Crippen molar-refractivity contribution in [1.29, 1.82) is 0 Å². The van der Waals surface area contributed by atoms with E-state index in [2.05, 4.69) is 22.2 Å². The maximum atomic E-state index is 12.2. The van der Waals surface area contributed by atoms with Crippen LogP contribution in [0.25, 0.3) is 0 Å². The lowest BCUT2D eigenvalue weighted by atomic mass is 9.95. The SMILES string of the molecule is CC(C)S(=O)(=O)N1CC[C@H](NCc2cnc[nH]2)[C@H](C)C1. The maximum absolute atomic E-state index is 12.2. The fraction of sp³-hybridized carbons (Fsp3) is 0.769. The van der Waals surface area contributed by atoms with E-state index in [1.165, 1.54) is 0 Å². The number of nitrogens with zero attached hydrogens (tertiary/aromatic N) is 2. The van der Waals surface area contributed by atoms with Gasteiger partial charge in [-0.25, -0.2) is 17.7 Å². The summed E-state index contributed by atoms with van der Waals surface area (Å²) in [5, 5.41) is 3.14. The third-order valence-electron chi connectivity index (χ3n) is 3.93. The molecular weight excluding hydrogens is 276 g/mol. The summed E-state index contributed by atoms with van der Waals surface area (Å²) in [5.41, 5.74) is 1.05. The fourth-order valence-corrected chi connectivity index (χ4v) is 3.96. The van der Waals surface area contributed by atoms with Gasteiger partial charge < -0.3 is 10.3 Å². The number of hydrogen-bond acceptors (Lipinski definition) is 4. The van der Waals surface area contributed by atoms with Gasteiger partial charge in [0.2, 0.25) is 10.0 Å². The van der Waals surface area contributed by atoms with Gasteiger partial charge in [-0.05, 0) is 26.2 Å². The molecule has 0 unspecified atom stereocenters. The average molecular weight is 300 g/mol. The van der Waals surface area contributed by atoms with Crippen LogP contribution >= 0.6 is 0 Å². The van der Waals surface area contributed by atoms with Gasteiger partial charge in [-0.15, -0.1) is 0 Å². The lowest BCUT2D eigenvalue weighted by Crippen LogP contribution is -2.51. The van der Waals surface area contributed by atoms with E-state index in [9.17, 15) is 8.42 Å². The van der Waals surface area contributed by atoms with E-state index in [0.717, 1.165) is 18.7 Å². The molecule has 0 aliphatic carbocycles. The molecule has 1 aromatic rings. The first-order valence-electron chi connectivity index (χ1n) is 7.11. The smallest absolute Gasteiger partial charge is 0.216 e. The summed E-state index contributed by atoms with van der Waals surface area (Å²) in [6.07, 6.45) is 4.32. The number of aromatic amines is 1. The van der Waals surface area contributed by atoms with E-state index in [-0.39, 0.29) is 5.25 Å². The molecule has 0 radical (unpaired) electrons. The molecule has 2 atom stereocenters. The summed E-state index contributed by atoms with van der Waals surface area (Å²) in [7, 11) is -3.13. The second-order valence-electron chi connectivity index (χ2n) is 5.78. The van der Waals surface area contributed by atoms with E-state index < -0.39 is 10.0 Å². The maximum Gasteiger partial charge on any atom is 0.216 e. The number of aromatic nitrogens is 2. The summed E-state index contributed by atoms with van der Waals surface area (Å²) in [5.74, 6) is 0.306. The van der Waals surface area contributed by atoms with Gasteiger partial charge in [-0.2, -0.15) is 0 Å².